The van der Waals surface area contributed by atoms with Crippen LogP contribution in [0.4, 0.5) is 0 Å². The van der Waals surface area contributed by atoms with Crippen LogP contribution in [-0.2, 0) is 6.54 Å². The Hall–Kier alpha value is -1.79. The first-order chi connectivity index (χ1) is 10.5. The zero-order valence-corrected chi connectivity index (χ0v) is 14.0. The average Bonchev–Trinajstić information content (AvgIpc) is 2.88. The molecule has 0 spiro atoms. The van der Waals surface area contributed by atoms with Crippen LogP contribution < -0.4 is 10.6 Å². The largest absolute Gasteiger partial charge is 0.350 e. The van der Waals surface area contributed by atoms with Gasteiger partial charge in [-0.1, -0.05) is 34.4 Å². The second kappa shape index (κ2) is 7.47. The van der Waals surface area contributed by atoms with Crippen LogP contribution in [0.5, 0.6) is 0 Å². The second-order valence-corrected chi connectivity index (χ2v) is 5.54. The molecular weight excluding hydrogens is 325 g/mol. The zero-order valence-electron chi connectivity index (χ0n) is 12.5. The van der Waals surface area contributed by atoms with E-state index in [9.17, 15) is 0 Å². The minimum Gasteiger partial charge on any atom is -0.350 e. The predicted molar refractivity (Wildman–Crippen MR) is 87.2 cm³/mol. The van der Waals surface area contributed by atoms with Crippen molar-refractivity contribution in [1.82, 2.24) is 20.8 Å². The first-order valence-electron chi connectivity index (χ1n) is 6.71. The number of aliphatic imine (C=N–C) groups is 1. The molecule has 0 saturated heterocycles. The molecule has 0 amide bonds. The van der Waals surface area contributed by atoms with Crippen molar-refractivity contribution in [2.24, 2.45) is 4.99 Å². The number of benzene rings is 1. The van der Waals surface area contributed by atoms with E-state index in [1.54, 1.807) is 26.1 Å². The molecule has 2 rings (SSSR count). The summed E-state index contributed by atoms with van der Waals surface area (Å²) in [5, 5.41) is 11.3. The molecular formula is C14H17Cl2N5O. The normalized spacial score (nSPS) is 13.0. The lowest BCUT2D eigenvalue weighted by atomic mass is 10.1. The molecule has 0 fully saturated rings. The highest BCUT2D eigenvalue weighted by Crippen LogP contribution is 2.25. The summed E-state index contributed by atoms with van der Waals surface area (Å²) in [6, 6.07) is 5.36. The van der Waals surface area contributed by atoms with Crippen molar-refractivity contribution in [3.8, 4) is 0 Å². The van der Waals surface area contributed by atoms with Crippen LogP contribution in [-0.4, -0.2) is 23.1 Å². The summed E-state index contributed by atoms with van der Waals surface area (Å²) < 4.78 is 5.04. The fourth-order valence-electron chi connectivity index (χ4n) is 1.90. The van der Waals surface area contributed by atoms with Crippen molar-refractivity contribution in [3.05, 3.63) is 45.5 Å². The molecule has 0 aliphatic carbocycles. The van der Waals surface area contributed by atoms with E-state index in [0.717, 1.165) is 5.56 Å². The Morgan fingerprint density at radius 3 is 2.77 bits per heavy atom. The summed E-state index contributed by atoms with van der Waals surface area (Å²) in [6.07, 6.45) is 0. The summed E-state index contributed by atoms with van der Waals surface area (Å²) in [4.78, 5) is 8.28. The van der Waals surface area contributed by atoms with Crippen LogP contribution in [0, 0.1) is 6.92 Å². The molecule has 8 heteroatoms. The molecule has 2 N–H and O–H groups in total. The van der Waals surface area contributed by atoms with Gasteiger partial charge in [0, 0.05) is 17.1 Å². The highest BCUT2D eigenvalue weighted by atomic mass is 35.5. The number of halogens is 2. The topological polar surface area (TPSA) is 75.3 Å². The van der Waals surface area contributed by atoms with Gasteiger partial charge in [0.2, 0.25) is 5.89 Å². The maximum absolute atomic E-state index is 6.21. The summed E-state index contributed by atoms with van der Waals surface area (Å²) in [5.74, 6) is 1.70. The number of nitrogens with zero attached hydrogens (tertiary/aromatic N) is 3. The van der Waals surface area contributed by atoms with E-state index in [1.807, 2.05) is 13.0 Å². The highest BCUT2D eigenvalue weighted by molar-refractivity contribution is 6.35. The molecule has 0 saturated carbocycles. The monoisotopic (exact) mass is 341 g/mol. The van der Waals surface area contributed by atoms with Crippen LogP contribution in [0.3, 0.4) is 0 Å². The summed E-state index contributed by atoms with van der Waals surface area (Å²) >= 11 is 12.1. The van der Waals surface area contributed by atoms with E-state index in [1.165, 1.54) is 0 Å². The number of guanidine groups is 1. The number of aryl methyl sites for hydroxylation is 1. The van der Waals surface area contributed by atoms with Gasteiger partial charge in [-0.15, -0.1) is 0 Å². The van der Waals surface area contributed by atoms with Gasteiger partial charge < -0.3 is 15.2 Å². The Kier molecular flexibility index (Phi) is 5.63. The molecule has 22 heavy (non-hydrogen) atoms. The lowest BCUT2D eigenvalue weighted by Crippen LogP contribution is -2.38. The fraction of sp³-hybridized carbons (Fsp3) is 0.357. The van der Waals surface area contributed by atoms with Gasteiger partial charge in [-0.05, 0) is 31.5 Å². The van der Waals surface area contributed by atoms with E-state index in [4.69, 9.17) is 27.7 Å². The average molecular weight is 342 g/mol. The summed E-state index contributed by atoms with van der Waals surface area (Å²) in [6.45, 7) is 4.14. The molecule has 0 bridgehead atoms. The highest BCUT2D eigenvalue weighted by Gasteiger charge is 2.12. The molecule has 1 aromatic carbocycles. The SMILES string of the molecule is CN=C(NCc1nc(C)no1)NC(C)c1ccc(Cl)cc1Cl. The van der Waals surface area contributed by atoms with Gasteiger partial charge in [-0.3, -0.25) is 4.99 Å². The lowest BCUT2D eigenvalue weighted by Gasteiger charge is -2.18. The van der Waals surface area contributed by atoms with E-state index >= 15 is 0 Å². The fourth-order valence-corrected chi connectivity index (χ4v) is 2.47. The Morgan fingerprint density at radius 1 is 1.41 bits per heavy atom. The molecule has 0 aliphatic heterocycles. The van der Waals surface area contributed by atoms with Crippen molar-refractivity contribution < 1.29 is 4.52 Å². The maximum Gasteiger partial charge on any atom is 0.246 e. The smallest absolute Gasteiger partial charge is 0.246 e. The third-order valence-corrected chi connectivity index (χ3v) is 3.54. The molecule has 1 unspecified atom stereocenters. The summed E-state index contributed by atoms with van der Waals surface area (Å²) in [7, 11) is 1.69. The molecule has 2 aromatic rings. The van der Waals surface area contributed by atoms with Gasteiger partial charge in [0.1, 0.15) is 0 Å². The Morgan fingerprint density at radius 2 is 2.18 bits per heavy atom. The molecule has 0 aliphatic rings. The third kappa shape index (κ3) is 4.35. The van der Waals surface area contributed by atoms with Crippen molar-refractivity contribution in [2.75, 3.05) is 7.05 Å². The van der Waals surface area contributed by atoms with Gasteiger partial charge in [0.25, 0.3) is 0 Å². The third-order valence-electron chi connectivity index (χ3n) is 2.98. The minimum absolute atomic E-state index is 0.0413. The van der Waals surface area contributed by atoms with Gasteiger partial charge >= 0.3 is 0 Å². The number of rotatable bonds is 4. The van der Waals surface area contributed by atoms with Crippen molar-refractivity contribution >= 4 is 29.2 Å². The first-order valence-corrected chi connectivity index (χ1v) is 7.46. The predicted octanol–water partition coefficient (Wildman–Crippen LogP) is 3.11. The van der Waals surface area contributed by atoms with Gasteiger partial charge in [-0.25, -0.2) is 0 Å². The summed E-state index contributed by atoms with van der Waals surface area (Å²) in [5.41, 5.74) is 0.933. The van der Waals surface area contributed by atoms with Crippen LogP contribution >= 0.6 is 23.2 Å². The van der Waals surface area contributed by atoms with Crippen molar-refractivity contribution in [2.45, 2.75) is 26.4 Å². The minimum atomic E-state index is -0.0413. The van der Waals surface area contributed by atoms with E-state index < -0.39 is 0 Å². The molecule has 1 aromatic heterocycles. The van der Waals surface area contributed by atoms with E-state index in [2.05, 4.69) is 25.8 Å². The quantitative estimate of drug-likeness (QED) is 0.660. The molecule has 6 nitrogen and oxygen atoms in total. The van der Waals surface area contributed by atoms with Gasteiger partial charge in [0.15, 0.2) is 11.8 Å². The molecule has 1 heterocycles. The van der Waals surface area contributed by atoms with Crippen LogP contribution in [0.1, 0.15) is 30.2 Å². The van der Waals surface area contributed by atoms with Crippen LogP contribution in [0.25, 0.3) is 0 Å². The van der Waals surface area contributed by atoms with Gasteiger partial charge in [-0.2, -0.15) is 4.98 Å². The number of hydrogen-bond acceptors (Lipinski definition) is 4. The van der Waals surface area contributed by atoms with Crippen LogP contribution in [0.2, 0.25) is 10.0 Å². The zero-order chi connectivity index (χ0) is 16.1. The Balaban J connectivity index is 1.97. The van der Waals surface area contributed by atoms with Crippen LogP contribution in [0.15, 0.2) is 27.7 Å². The van der Waals surface area contributed by atoms with Crippen molar-refractivity contribution in [3.63, 3.8) is 0 Å². The van der Waals surface area contributed by atoms with Gasteiger partial charge in [0.05, 0.1) is 12.6 Å². The van der Waals surface area contributed by atoms with E-state index in [0.29, 0.717) is 34.3 Å². The molecule has 118 valence electrons. The lowest BCUT2D eigenvalue weighted by molar-refractivity contribution is 0.371. The second-order valence-electron chi connectivity index (χ2n) is 4.69. The standard InChI is InChI=1S/C14H17Cl2N5O/c1-8(11-5-4-10(15)6-12(11)16)19-14(17-3)18-7-13-20-9(2)21-22-13/h4-6,8H,7H2,1-3H3,(H2,17,18,19). The Labute approximate surface area is 138 Å². The number of aromatic nitrogens is 2. The molecule has 1 atom stereocenters. The molecule has 0 radical (unpaired) electrons. The maximum atomic E-state index is 6.21. The Bertz CT molecular complexity index is 671. The van der Waals surface area contributed by atoms with Crippen molar-refractivity contribution in [1.29, 1.82) is 0 Å². The number of hydrogen-bond donors (Lipinski definition) is 2. The van der Waals surface area contributed by atoms with E-state index in [-0.39, 0.29) is 6.04 Å². The number of nitrogens with one attached hydrogen (secondary N) is 2. The first kappa shape index (κ1) is 16.6.